The fraction of sp³-hybridized carbons (Fsp3) is 0.556. The second-order valence-electron chi connectivity index (χ2n) is 3.35. The van der Waals surface area contributed by atoms with Gasteiger partial charge in [0.05, 0.1) is 12.4 Å². The van der Waals surface area contributed by atoms with Crippen LogP contribution in [0.15, 0.2) is 12.4 Å². The summed E-state index contributed by atoms with van der Waals surface area (Å²) in [5, 5.41) is 0. The van der Waals surface area contributed by atoms with Crippen LogP contribution in [-0.4, -0.2) is 23.1 Å². The summed E-state index contributed by atoms with van der Waals surface area (Å²) in [5.41, 5.74) is 5.46. The molecule has 2 N–H and O–H groups in total. The molecule has 1 aliphatic heterocycles. The molecule has 0 aliphatic carbocycles. The van der Waals surface area contributed by atoms with Crippen molar-refractivity contribution in [3.05, 3.63) is 12.4 Å². The van der Waals surface area contributed by atoms with Crippen LogP contribution in [0, 0.1) is 0 Å². The number of hydrogen-bond donors (Lipinski definition) is 1. The predicted molar refractivity (Wildman–Crippen MR) is 52.5 cm³/mol. The first-order valence-corrected chi connectivity index (χ1v) is 4.69. The number of hydrogen-bond acceptors (Lipinski definition) is 4. The minimum absolute atomic E-state index is 0.487. The number of nitrogens with two attached hydrogens (primary N) is 1. The highest BCUT2D eigenvalue weighted by molar-refractivity contribution is 5.39. The monoisotopic (exact) mass is 178 g/mol. The molecule has 0 unspecified atom stereocenters. The maximum atomic E-state index is 5.46. The van der Waals surface area contributed by atoms with E-state index in [0.29, 0.717) is 5.82 Å². The van der Waals surface area contributed by atoms with Crippen molar-refractivity contribution in [1.29, 1.82) is 0 Å². The summed E-state index contributed by atoms with van der Waals surface area (Å²) in [7, 11) is 0. The van der Waals surface area contributed by atoms with Crippen molar-refractivity contribution in [3.63, 3.8) is 0 Å². The first-order valence-electron chi connectivity index (χ1n) is 4.69. The van der Waals surface area contributed by atoms with E-state index in [9.17, 15) is 0 Å². The first kappa shape index (κ1) is 8.29. The predicted octanol–water partition coefficient (Wildman–Crippen LogP) is 1.05. The fourth-order valence-electron chi connectivity index (χ4n) is 1.62. The molecule has 4 nitrogen and oxygen atoms in total. The molecular formula is C9H14N4. The lowest BCUT2D eigenvalue weighted by Gasteiger charge is -2.27. The lowest BCUT2D eigenvalue weighted by Crippen LogP contribution is -2.30. The zero-order chi connectivity index (χ0) is 9.10. The number of anilines is 2. The van der Waals surface area contributed by atoms with Crippen LogP contribution in [-0.2, 0) is 0 Å². The van der Waals surface area contributed by atoms with E-state index in [0.717, 1.165) is 18.9 Å². The first-order chi connectivity index (χ1) is 6.36. The molecule has 1 fully saturated rings. The van der Waals surface area contributed by atoms with Crippen LogP contribution in [0.4, 0.5) is 11.6 Å². The molecule has 2 heterocycles. The highest BCUT2D eigenvalue weighted by atomic mass is 15.2. The smallest absolute Gasteiger partial charge is 0.147 e. The van der Waals surface area contributed by atoms with E-state index < -0.39 is 0 Å². The van der Waals surface area contributed by atoms with Crippen molar-refractivity contribution in [2.45, 2.75) is 19.3 Å². The Bertz CT molecular complexity index is 263. The van der Waals surface area contributed by atoms with Crippen molar-refractivity contribution in [1.82, 2.24) is 9.97 Å². The number of nitrogen functional groups attached to an aromatic ring is 1. The highest BCUT2D eigenvalue weighted by Gasteiger charge is 2.11. The van der Waals surface area contributed by atoms with Gasteiger partial charge in [-0.1, -0.05) is 0 Å². The Labute approximate surface area is 77.8 Å². The molecule has 0 bridgehead atoms. The molecule has 0 amide bonds. The van der Waals surface area contributed by atoms with Crippen LogP contribution in [0.5, 0.6) is 0 Å². The van der Waals surface area contributed by atoms with Crippen molar-refractivity contribution >= 4 is 11.6 Å². The zero-order valence-electron chi connectivity index (χ0n) is 7.61. The van der Waals surface area contributed by atoms with Gasteiger partial charge in [0, 0.05) is 13.1 Å². The van der Waals surface area contributed by atoms with Crippen molar-refractivity contribution in [2.75, 3.05) is 23.7 Å². The quantitative estimate of drug-likeness (QED) is 0.698. The lowest BCUT2D eigenvalue weighted by atomic mass is 10.1. The molecule has 70 valence electrons. The molecule has 2 rings (SSSR count). The Hall–Kier alpha value is -1.32. The Kier molecular flexibility index (Phi) is 2.29. The van der Waals surface area contributed by atoms with E-state index in [2.05, 4.69) is 14.9 Å². The molecule has 0 aromatic carbocycles. The Morgan fingerprint density at radius 1 is 1.08 bits per heavy atom. The summed E-state index contributed by atoms with van der Waals surface area (Å²) >= 11 is 0. The molecule has 13 heavy (non-hydrogen) atoms. The number of rotatable bonds is 1. The van der Waals surface area contributed by atoms with Crippen LogP contribution < -0.4 is 10.6 Å². The molecule has 0 spiro atoms. The Morgan fingerprint density at radius 2 is 1.85 bits per heavy atom. The third-order valence-corrected chi connectivity index (χ3v) is 2.34. The van der Waals surface area contributed by atoms with E-state index >= 15 is 0 Å². The molecule has 1 saturated heterocycles. The normalized spacial score (nSPS) is 17.4. The van der Waals surface area contributed by atoms with Crippen molar-refractivity contribution in [2.24, 2.45) is 0 Å². The summed E-state index contributed by atoms with van der Waals surface area (Å²) in [6.45, 7) is 2.19. The van der Waals surface area contributed by atoms with Gasteiger partial charge in [-0.05, 0) is 19.3 Å². The summed E-state index contributed by atoms with van der Waals surface area (Å²) < 4.78 is 0. The summed E-state index contributed by atoms with van der Waals surface area (Å²) in [6.07, 6.45) is 7.21. The van der Waals surface area contributed by atoms with Crippen molar-refractivity contribution in [3.8, 4) is 0 Å². The third-order valence-electron chi connectivity index (χ3n) is 2.34. The molecule has 0 atom stereocenters. The van der Waals surface area contributed by atoms with Crippen LogP contribution in [0.1, 0.15) is 19.3 Å². The average Bonchev–Trinajstić information content (AvgIpc) is 2.20. The largest absolute Gasteiger partial charge is 0.382 e. The van der Waals surface area contributed by atoms with E-state index in [-0.39, 0.29) is 0 Å². The van der Waals surface area contributed by atoms with Gasteiger partial charge in [-0.15, -0.1) is 0 Å². The van der Waals surface area contributed by atoms with Gasteiger partial charge in [-0.3, -0.25) is 0 Å². The average molecular weight is 178 g/mol. The summed E-state index contributed by atoms with van der Waals surface area (Å²) in [6, 6.07) is 0. The second kappa shape index (κ2) is 3.60. The van der Waals surface area contributed by atoms with Gasteiger partial charge in [0.2, 0.25) is 0 Å². The third kappa shape index (κ3) is 1.88. The van der Waals surface area contributed by atoms with E-state index in [4.69, 9.17) is 5.73 Å². The Balaban J connectivity index is 2.10. The van der Waals surface area contributed by atoms with Crippen LogP contribution >= 0.6 is 0 Å². The fourth-order valence-corrected chi connectivity index (χ4v) is 1.62. The summed E-state index contributed by atoms with van der Waals surface area (Å²) in [4.78, 5) is 10.5. The standard InChI is InChI=1S/C9H14N4/c10-8-6-12-9(7-11-8)13-4-2-1-3-5-13/h6-7H,1-5H2,(H2,10,11). The minimum Gasteiger partial charge on any atom is -0.382 e. The van der Waals surface area contributed by atoms with Gasteiger partial charge in [-0.25, -0.2) is 9.97 Å². The SMILES string of the molecule is Nc1cnc(N2CCCCC2)cn1. The topological polar surface area (TPSA) is 55.0 Å². The van der Waals surface area contributed by atoms with E-state index in [1.165, 1.54) is 19.3 Å². The maximum Gasteiger partial charge on any atom is 0.147 e. The second-order valence-corrected chi connectivity index (χ2v) is 3.35. The van der Waals surface area contributed by atoms with Crippen LogP contribution in [0.2, 0.25) is 0 Å². The maximum absolute atomic E-state index is 5.46. The molecule has 0 saturated carbocycles. The number of nitrogens with zero attached hydrogens (tertiary/aromatic N) is 3. The van der Waals surface area contributed by atoms with Gasteiger partial charge < -0.3 is 10.6 Å². The highest BCUT2D eigenvalue weighted by Crippen LogP contribution is 2.16. The van der Waals surface area contributed by atoms with Crippen LogP contribution in [0.3, 0.4) is 0 Å². The number of aromatic nitrogens is 2. The molecule has 4 heteroatoms. The van der Waals surface area contributed by atoms with Gasteiger partial charge in [-0.2, -0.15) is 0 Å². The van der Waals surface area contributed by atoms with Gasteiger partial charge in [0.15, 0.2) is 0 Å². The Morgan fingerprint density at radius 3 is 2.46 bits per heavy atom. The summed E-state index contributed by atoms with van der Waals surface area (Å²) in [5.74, 6) is 1.44. The van der Waals surface area contributed by atoms with Crippen molar-refractivity contribution < 1.29 is 0 Å². The molecule has 0 radical (unpaired) electrons. The van der Waals surface area contributed by atoms with Crippen LogP contribution in [0.25, 0.3) is 0 Å². The molecule has 1 aliphatic rings. The van der Waals surface area contributed by atoms with E-state index in [1.54, 1.807) is 12.4 Å². The number of piperidine rings is 1. The lowest BCUT2D eigenvalue weighted by molar-refractivity contribution is 0.573. The zero-order valence-corrected chi connectivity index (χ0v) is 7.61. The molecular weight excluding hydrogens is 164 g/mol. The van der Waals surface area contributed by atoms with Gasteiger partial charge in [0.1, 0.15) is 11.6 Å². The molecule has 1 aromatic heterocycles. The minimum atomic E-state index is 0.487. The van der Waals surface area contributed by atoms with Gasteiger partial charge in [0.25, 0.3) is 0 Å². The molecule has 1 aromatic rings. The van der Waals surface area contributed by atoms with E-state index in [1.807, 2.05) is 0 Å². The van der Waals surface area contributed by atoms with Gasteiger partial charge >= 0.3 is 0 Å².